The second kappa shape index (κ2) is 10.7. The van der Waals surface area contributed by atoms with E-state index in [9.17, 15) is 17.6 Å². The first-order valence-corrected chi connectivity index (χ1v) is 12.9. The second-order valence-corrected chi connectivity index (χ2v) is 10.2. The maximum Gasteiger partial charge on any atom is 0.339 e. The van der Waals surface area contributed by atoms with Crippen LogP contribution in [0.25, 0.3) is 11.1 Å². The zero-order chi connectivity index (χ0) is 25.7. The zero-order valence-corrected chi connectivity index (χ0v) is 20.8. The van der Waals surface area contributed by atoms with Gasteiger partial charge in [0.05, 0.1) is 0 Å². The molecule has 36 heavy (non-hydrogen) atoms. The van der Waals surface area contributed by atoms with E-state index in [2.05, 4.69) is 0 Å². The van der Waals surface area contributed by atoms with Crippen LogP contribution in [-0.2, 0) is 16.7 Å². The Balaban J connectivity index is 1.51. The Hall–Kier alpha value is -3.97. The van der Waals surface area contributed by atoms with Crippen LogP contribution in [0.4, 0.5) is 4.39 Å². The number of carbonyl (C=O) groups is 1. The molecule has 0 aliphatic rings. The molecule has 4 rings (SSSR count). The third-order valence-corrected chi connectivity index (χ3v) is 6.94. The summed E-state index contributed by atoms with van der Waals surface area (Å²) in [6, 6.07) is 28.3. The molecular formula is C29H26FNO4S. The number of nitrogens with zero attached hydrogens (tertiary/aromatic N) is 1. The molecule has 0 aliphatic carbocycles. The van der Waals surface area contributed by atoms with Gasteiger partial charge >= 0.3 is 10.1 Å². The van der Waals surface area contributed by atoms with E-state index < -0.39 is 15.9 Å². The van der Waals surface area contributed by atoms with Crippen molar-refractivity contribution >= 4 is 16.0 Å². The lowest BCUT2D eigenvalue weighted by Crippen LogP contribution is -2.36. The number of benzene rings is 4. The van der Waals surface area contributed by atoms with Crippen LogP contribution >= 0.6 is 0 Å². The minimum Gasteiger partial charge on any atom is -0.379 e. The van der Waals surface area contributed by atoms with Gasteiger partial charge in [0.25, 0.3) is 5.91 Å². The van der Waals surface area contributed by atoms with E-state index in [0.717, 1.165) is 35.4 Å². The van der Waals surface area contributed by atoms with Crippen LogP contribution in [0.1, 0.15) is 29.8 Å². The molecule has 0 heterocycles. The van der Waals surface area contributed by atoms with E-state index in [1.165, 1.54) is 6.07 Å². The van der Waals surface area contributed by atoms with Gasteiger partial charge in [0, 0.05) is 18.2 Å². The molecule has 0 saturated carbocycles. The van der Waals surface area contributed by atoms with E-state index in [0.29, 0.717) is 11.1 Å². The third-order valence-electron chi connectivity index (χ3n) is 5.68. The summed E-state index contributed by atoms with van der Waals surface area (Å²) in [7, 11) is -4.13. The minimum absolute atomic E-state index is 0.0983. The Bertz CT molecular complexity index is 1440. The van der Waals surface area contributed by atoms with Crippen LogP contribution in [0.15, 0.2) is 108 Å². The van der Waals surface area contributed by atoms with E-state index >= 15 is 0 Å². The highest BCUT2D eigenvalue weighted by Crippen LogP contribution is 2.23. The largest absolute Gasteiger partial charge is 0.379 e. The van der Waals surface area contributed by atoms with Crippen LogP contribution in [0.5, 0.6) is 5.75 Å². The molecule has 0 radical (unpaired) electrons. The lowest BCUT2D eigenvalue weighted by atomic mass is 10.0. The summed E-state index contributed by atoms with van der Waals surface area (Å²) >= 11 is 0. The summed E-state index contributed by atoms with van der Waals surface area (Å²) in [4.78, 5) is 14.9. The Kier molecular flexibility index (Phi) is 7.50. The fourth-order valence-electron chi connectivity index (χ4n) is 3.76. The molecule has 184 valence electrons. The van der Waals surface area contributed by atoms with Gasteiger partial charge in [-0.25, -0.2) is 4.39 Å². The van der Waals surface area contributed by atoms with Gasteiger partial charge in [-0.2, -0.15) is 8.42 Å². The van der Waals surface area contributed by atoms with Crippen LogP contribution in [0, 0.1) is 5.82 Å². The predicted molar refractivity (Wildman–Crippen MR) is 138 cm³/mol. The van der Waals surface area contributed by atoms with Gasteiger partial charge in [0.15, 0.2) is 0 Å². The molecule has 0 unspecified atom stereocenters. The topological polar surface area (TPSA) is 63.7 Å². The molecule has 0 N–H and O–H groups in total. The molecule has 0 spiro atoms. The number of amides is 1. The Morgan fingerprint density at radius 2 is 1.47 bits per heavy atom. The summed E-state index contributed by atoms with van der Waals surface area (Å²) in [6.07, 6.45) is 0. The smallest absolute Gasteiger partial charge is 0.339 e. The van der Waals surface area contributed by atoms with E-state index in [1.807, 2.05) is 68.4 Å². The molecular weight excluding hydrogens is 477 g/mol. The van der Waals surface area contributed by atoms with Crippen LogP contribution < -0.4 is 4.18 Å². The van der Waals surface area contributed by atoms with Gasteiger partial charge in [0.1, 0.15) is 16.5 Å². The quantitative estimate of drug-likeness (QED) is 0.264. The molecule has 5 nitrogen and oxygen atoms in total. The number of carbonyl (C=O) groups excluding carboxylic acids is 1. The number of rotatable bonds is 8. The highest BCUT2D eigenvalue weighted by atomic mass is 32.2. The van der Waals surface area contributed by atoms with Crippen molar-refractivity contribution in [2.24, 2.45) is 0 Å². The van der Waals surface area contributed by atoms with Gasteiger partial charge in [0.2, 0.25) is 0 Å². The van der Waals surface area contributed by atoms with Crippen molar-refractivity contribution in [1.82, 2.24) is 4.90 Å². The summed E-state index contributed by atoms with van der Waals surface area (Å²) < 4.78 is 43.6. The van der Waals surface area contributed by atoms with E-state index in [4.69, 9.17) is 4.18 Å². The molecule has 0 aliphatic heterocycles. The first-order chi connectivity index (χ1) is 17.2. The van der Waals surface area contributed by atoms with Gasteiger partial charge in [-0.05, 0) is 79.1 Å². The van der Waals surface area contributed by atoms with Crippen molar-refractivity contribution < 1.29 is 21.8 Å². The molecule has 7 heteroatoms. The maximum atomic E-state index is 13.3. The first-order valence-electron chi connectivity index (χ1n) is 11.5. The van der Waals surface area contributed by atoms with E-state index in [-0.39, 0.29) is 29.1 Å². The Morgan fingerprint density at radius 3 is 2.11 bits per heavy atom. The average Bonchev–Trinajstić information content (AvgIpc) is 2.87. The fourth-order valence-corrected chi connectivity index (χ4v) is 4.68. The summed E-state index contributed by atoms with van der Waals surface area (Å²) in [5, 5.41) is 0. The summed E-state index contributed by atoms with van der Waals surface area (Å²) in [5.41, 5.74) is 3.37. The highest BCUT2D eigenvalue weighted by Gasteiger charge is 2.21. The average molecular weight is 504 g/mol. The molecule has 0 saturated heterocycles. The predicted octanol–water partition coefficient (Wildman–Crippen LogP) is 6.31. The summed E-state index contributed by atoms with van der Waals surface area (Å²) in [5.74, 6) is -0.556. The van der Waals surface area contributed by atoms with Crippen molar-refractivity contribution in [3.05, 3.63) is 120 Å². The minimum atomic E-state index is -4.13. The lowest BCUT2D eigenvalue weighted by molar-refractivity contribution is 0.0690. The molecule has 4 aromatic rings. The van der Waals surface area contributed by atoms with Crippen molar-refractivity contribution in [1.29, 1.82) is 0 Å². The Labute approximate surface area is 210 Å². The molecule has 0 atom stereocenters. The van der Waals surface area contributed by atoms with Crippen LogP contribution in [-0.4, -0.2) is 25.3 Å². The normalized spacial score (nSPS) is 11.3. The van der Waals surface area contributed by atoms with E-state index in [1.54, 1.807) is 23.1 Å². The Morgan fingerprint density at radius 1 is 0.833 bits per heavy atom. The van der Waals surface area contributed by atoms with Gasteiger partial charge in [-0.3, -0.25) is 4.79 Å². The number of halogens is 1. The molecule has 1 amide bonds. The second-order valence-electron chi connectivity index (χ2n) is 8.61. The molecule has 4 aromatic carbocycles. The standard InChI is InChI=1S/C29H26FNO4S/c1-21(2)31(29(32)25-13-11-24(12-14-25)23-8-4-3-5-9-23)20-22-7-6-10-27(19-22)35-36(33,34)28-17-15-26(30)16-18-28/h3-19,21H,20H2,1-2H3. The van der Waals surface area contributed by atoms with Crippen molar-refractivity contribution in [3.63, 3.8) is 0 Å². The zero-order valence-electron chi connectivity index (χ0n) is 20.0. The molecule has 0 bridgehead atoms. The molecule has 0 aromatic heterocycles. The SMILES string of the molecule is CC(C)N(Cc1cccc(OS(=O)(=O)c2ccc(F)cc2)c1)C(=O)c1ccc(-c2ccccc2)cc1. The van der Waals surface area contributed by atoms with Gasteiger partial charge in [-0.1, -0.05) is 54.6 Å². The highest BCUT2D eigenvalue weighted by molar-refractivity contribution is 7.87. The fraction of sp³-hybridized carbons (Fsp3) is 0.138. The third kappa shape index (κ3) is 5.98. The van der Waals surface area contributed by atoms with Crippen LogP contribution in [0.3, 0.4) is 0 Å². The van der Waals surface area contributed by atoms with Gasteiger partial charge in [-0.15, -0.1) is 0 Å². The lowest BCUT2D eigenvalue weighted by Gasteiger charge is -2.27. The van der Waals surface area contributed by atoms with Crippen molar-refractivity contribution in [2.45, 2.75) is 31.3 Å². The monoisotopic (exact) mass is 503 g/mol. The number of hydrogen-bond donors (Lipinski definition) is 0. The maximum absolute atomic E-state index is 13.3. The first kappa shape index (κ1) is 25.1. The van der Waals surface area contributed by atoms with Crippen molar-refractivity contribution in [3.8, 4) is 16.9 Å². The van der Waals surface area contributed by atoms with Crippen molar-refractivity contribution in [2.75, 3.05) is 0 Å². The number of hydrogen-bond acceptors (Lipinski definition) is 4. The molecule has 0 fully saturated rings. The van der Waals surface area contributed by atoms with Crippen LogP contribution in [0.2, 0.25) is 0 Å². The summed E-state index contributed by atoms with van der Waals surface area (Å²) in [6.45, 7) is 4.12. The van der Waals surface area contributed by atoms with Gasteiger partial charge < -0.3 is 9.08 Å².